The fraction of sp³-hybridized carbons (Fsp3) is 0.174. The summed E-state index contributed by atoms with van der Waals surface area (Å²) in [6.07, 6.45) is 1.53. The van der Waals surface area contributed by atoms with E-state index in [1.165, 1.54) is 18.3 Å². The normalized spacial score (nSPS) is 11.0. The third kappa shape index (κ3) is 4.86. The first-order valence-electron chi connectivity index (χ1n) is 9.60. The van der Waals surface area contributed by atoms with Gasteiger partial charge in [-0.2, -0.15) is 5.10 Å². The number of carbonyl (C=O) groups excluding carboxylic acids is 2. The second-order valence-electron chi connectivity index (χ2n) is 6.76. The minimum absolute atomic E-state index is 0.111. The highest BCUT2D eigenvalue weighted by Crippen LogP contribution is 2.24. The Morgan fingerprint density at radius 2 is 1.90 bits per heavy atom. The number of phenols is 1. The number of nitrogens with zero attached hydrogens (tertiary/aromatic N) is 2. The Morgan fingerprint density at radius 1 is 1.16 bits per heavy atom. The zero-order valence-electron chi connectivity index (χ0n) is 17.3. The Labute approximate surface area is 188 Å². The van der Waals surface area contributed by atoms with E-state index >= 15 is 0 Å². The number of aromatic nitrogens is 1. The van der Waals surface area contributed by atoms with Gasteiger partial charge >= 0.3 is 5.97 Å². The van der Waals surface area contributed by atoms with Crippen molar-refractivity contribution in [3.8, 4) is 11.4 Å². The third-order valence-electron chi connectivity index (χ3n) is 4.68. The number of nitrogens with one attached hydrogen (secondary N) is 1. The van der Waals surface area contributed by atoms with Crippen molar-refractivity contribution in [1.29, 1.82) is 0 Å². The first-order valence-corrected chi connectivity index (χ1v) is 10.4. The molecule has 1 amide bonds. The standard InChI is InChI=1S/C23H22BrN3O4/c1-4-31-23(30)18-7-5-6-8-20(18)27-14(2)11-16(15(27)3)13-25-26-22(29)19-12-17(24)9-10-21(19)28/h5-13,28H,4H2,1-3H3,(H,26,29)/b25-13-. The summed E-state index contributed by atoms with van der Waals surface area (Å²) in [6, 6.07) is 13.7. The zero-order valence-corrected chi connectivity index (χ0v) is 18.9. The maximum atomic E-state index is 12.4. The summed E-state index contributed by atoms with van der Waals surface area (Å²) in [4.78, 5) is 24.7. The van der Waals surface area contributed by atoms with Crippen molar-refractivity contribution in [2.45, 2.75) is 20.8 Å². The highest BCUT2D eigenvalue weighted by molar-refractivity contribution is 9.10. The number of hydrogen-bond acceptors (Lipinski definition) is 5. The number of benzene rings is 2. The highest BCUT2D eigenvalue weighted by atomic mass is 79.9. The summed E-state index contributed by atoms with van der Waals surface area (Å²) < 4.78 is 7.79. The number of ether oxygens (including phenoxy) is 1. The van der Waals surface area contributed by atoms with Crippen LogP contribution in [0.1, 0.15) is 44.6 Å². The SMILES string of the molecule is CCOC(=O)c1ccccc1-n1c(C)cc(/C=N\NC(=O)c2cc(Br)ccc2O)c1C. The summed E-state index contributed by atoms with van der Waals surface area (Å²) in [6.45, 7) is 5.88. The lowest BCUT2D eigenvalue weighted by Gasteiger charge is -2.14. The molecule has 3 rings (SSSR count). The summed E-state index contributed by atoms with van der Waals surface area (Å²) in [7, 11) is 0. The molecular weight excluding hydrogens is 462 g/mol. The number of carbonyl (C=O) groups is 2. The molecule has 0 aliphatic carbocycles. The van der Waals surface area contributed by atoms with Crippen molar-refractivity contribution in [2.24, 2.45) is 5.10 Å². The second kappa shape index (κ2) is 9.61. The summed E-state index contributed by atoms with van der Waals surface area (Å²) >= 11 is 3.27. The minimum atomic E-state index is -0.531. The molecule has 7 nitrogen and oxygen atoms in total. The van der Waals surface area contributed by atoms with Crippen molar-refractivity contribution >= 4 is 34.0 Å². The van der Waals surface area contributed by atoms with Gasteiger partial charge in [0, 0.05) is 21.4 Å². The second-order valence-corrected chi connectivity index (χ2v) is 7.68. The predicted octanol–water partition coefficient (Wildman–Crippen LogP) is 4.50. The molecule has 3 aromatic rings. The Balaban J connectivity index is 1.87. The van der Waals surface area contributed by atoms with Gasteiger partial charge in [0.1, 0.15) is 5.75 Å². The first kappa shape index (κ1) is 22.3. The van der Waals surface area contributed by atoms with Crippen LogP contribution in [-0.2, 0) is 4.74 Å². The number of aryl methyl sites for hydroxylation is 1. The van der Waals surface area contributed by atoms with E-state index in [4.69, 9.17) is 4.74 Å². The Kier molecular flexibility index (Phi) is 6.91. The molecule has 0 aliphatic heterocycles. The van der Waals surface area contributed by atoms with Gasteiger partial charge < -0.3 is 14.4 Å². The summed E-state index contributed by atoms with van der Waals surface area (Å²) in [5.41, 5.74) is 6.22. The van der Waals surface area contributed by atoms with Crippen LogP contribution in [0, 0.1) is 13.8 Å². The molecule has 0 saturated carbocycles. The molecule has 2 aromatic carbocycles. The molecule has 0 bridgehead atoms. The lowest BCUT2D eigenvalue weighted by Crippen LogP contribution is -2.17. The van der Waals surface area contributed by atoms with E-state index in [9.17, 15) is 14.7 Å². The number of phenolic OH excluding ortho intramolecular Hbond substituents is 1. The molecule has 0 fully saturated rings. The van der Waals surface area contributed by atoms with E-state index in [1.54, 1.807) is 25.1 Å². The van der Waals surface area contributed by atoms with Crippen LogP contribution >= 0.6 is 15.9 Å². The van der Waals surface area contributed by atoms with Crippen LogP contribution in [0.3, 0.4) is 0 Å². The van der Waals surface area contributed by atoms with E-state index in [0.29, 0.717) is 22.3 Å². The Bertz CT molecular complexity index is 1170. The molecule has 0 unspecified atom stereocenters. The van der Waals surface area contributed by atoms with Gasteiger partial charge in [-0.3, -0.25) is 4.79 Å². The molecular formula is C23H22BrN3O4. The van der Waals surface area contributed by atoms with Gasteiger partial charge in [-0.1, -0.05) is 28.1 Å². The quantitative estimate of drug-likeness (QED) is 0.306. The maximum Gasteiger partial charge on any atom is 0.340 e. The molecule has 160 valence electrons. The lowest BCUT2D eigenvalue weighted by atomic mass is 10.1. The predicted molar refractivity (Wildman–Crippen MR) is 122 cm³/mol. The van der Waals surface area contributed by atoms with Crippen LogP contribution in [0.25, 0.3) is 5.69 Å². The molecule has 1 aromatic heterocycles. The van der Waals surface area contributed by atoms with Gasteiger partial charge in [0.05, 0.1) is 29.6 Å². The van der Waals surface area contributed by atoms with Crippen molar-refractivity contribution < 1.29 is 19.4 Å². The molecule has 31 heavy (non-hydrogen) atoms. The van der Waals surface area contributed by atoms with E-state index in [1.807, 2.05) is 36.6 Å². The lowest BCUT2D eigenvalue weighted by molar-refractivity contribution is 0.0526. The number of rotatable bonds is 6. The summed E-state index contributed by atoms with van der Waals surface area (Å²) in [5, 5.41) is 13.9. The van der Waals surface area contributed by atoms with Crippen LogP contribution in [0.15, 0.2) is 58.1 Å². The minimum Gasteiger partial charge on any atom is -0.507 e. The number of amides is 1. The fourth-order valence-electron chi connectivity index (χ4n) is 3.25. The number of hydrogen-bond donors (Lipinski definition) is 2. The largest absolute Gasteiger partial charge is 0.507 e. The number of para-hydroxylation sites is 1. The first-order chi connectivity index (χ1) is 14.8. The molecule has 0 atom stereocenters. The molecule has 2 N–H and O–H groups in total. The van der Waals surface area contributed by atoms with Gasteiger partial charge in [-0.25, -0.2) is 10.2 Å². The van der Waals surface area contributed by atoms with Crippen molar-refractivity contribution in [3.63, 3.8) is 0 Å². The topological polar surface area (TPSA) is 92.9 Å². The smallest absolute Gasteiger partial charge is 0.340 e. The van der Waals surface area contributed by atoms with Crippen molar-refractivity contribution in [2.75, 3.05) is 6.61 Å². The van der Waals surface area contributed by atoms with Crippen LogP contribution in [-0.4, -0.2) is 34.4 Å². The van der Waals surface area contributed by atoms with E-state index in [2.05, 4.69) is 26.5 Å². The van der Waals surface area contributed by atoms with Gasteiger partial charge in [0.2, 0.25) is 0 Å². The summed E-state index contributed by atoms with van der Waals surface area (Å²) in [5.74, 6) is -1.05. The number of hydrazone groups is 1. The monoisotopic (exact) mass is 483 g/mol. The van der Waals surface area contributed by atoms with E-state index < -0.39 is 5.91 Å². The van der Waals surface area contributed by atoms with Gasteiger partial charge in [-0.15, -0.1) is 0 Å². The third-order valence-corrected chi connectivity index (χ3v) is 5.18. The van der Waals surface area contributed by atoms with Crippen LogP contribution in [0.4, 0.5) is 0 Å². The number of esters is 1. The Hall–Kier alpha value is -3.39. The Morgan fingerprint density at radius 3 is 2.65 bits per heavy atom. The average molecular weight is 484 g/mol. The van der Waals surface area contributed by atoms with Gasteiger partial charge in [0.15, 0.2) is 0 Å². The van der Waals surface area contributed by atoms with Gasteiger partial charge in [-0.05, 0) is 57.2 Å². The number of aromatic hydroxyl groups is 1. The molecule has 0 saturated heterocycles. The molecule has 0 spiro atoms. The van der Waals surface area contributed by atoms with Crippen LogP contribution < -0.4 is 5.43 Å². The molecule has 1 heterocycles. The maximum absolute atomic E-state index is 12.4. The van der Waals surface area contributed by atoms with E-state index in [0.717, 1.165) is 17.0 Å². The van der Waals surface area contributed by atoms with Crippen molar-refractivity contribution in [1.82, 2.24) is 9.99 Å². The van der Waals surface area contributed by atoms with Crippen LogP contribution in [0.2, 0.25) is 0 Å². The zero-order chi connectivity index (χ0) is 22.5. The van der Waals surface area contributed by atoms with Crippen molar-refractivity contribution in [3.05, 3.63) is 81.1 Å². The molecule has 0 radical (unpaired) electrons. The fourth-order valence-corrected chi connectivity index (χ4v) is 3.61. The average Bonchev–Trinajstić information content (AvgIpc) is 3.03. The highest BCUT2D eigenvalue weighted by Gasteiger charge is 2.17. The van der Waals surface area contributed by atoms with E-state index in [-0.39, 0.29) is 17.3 Å². The van der Waals surface area contributed by atoms with Crippen LogP contribution in [0.5, 0.6) is 5.75 Å². The number of halogens is 1. The molecule has 8 heteroatoms. The van der Waals surface area contributed by atoms with Gasteiger partial charge in [0.25, 0.3) is 5.91 Å². The molecule has 0 aliphatic rings.